The highest BCUT2D eigenvalue weighted by Crippen LogP contribution is 2.13. The van der Waals surface area contributed by atoms with Crippen molar-refractivity contribution < 1.29 is 19.5 Å². The lowest BCUT2D eigenvalue weighted by Crippen LogP contribution is -2.27. The van der Waals surface area contributed by atoms with E-state index < -0.39 is 5.91 Å². The minimum absolute atomic E-state index is 0.121. The Labute approximate surface area is 158 Å². The molecule has 27 heavy (non-hydrogen) atoms. The largest absolute Gasteiger partial charge is 0.494 e. The molecule has 142 valence electrons. The van der Waals surface area contributed by atoms with Gasteiger partial charge in [-0.3, -0.25) is 14.8 Å². The Morgan fingerprint density at radius 3 is 2.48 bits per heavy atom. The second kappa shape index (κ2) is 10.8. The minimum Gasteiger partial charge on any atom is -0.494 e. The summed E-state index contributed by atoms with van der Waals surface area (Å²) in [5, 5.41) is 11.5. The van der Waals surface area contributed by atoms with Gasteiger partial charge in [-0.25, -0.2) is 5.48 Å². The molecule has 3 N–H and O–H groups in total. The Kier molecular flexibility index (Phi) is 8.06. The number of hydrogen-bond donors (Lipinski definition) is 3. The molecule has 0 spiro atoms. The number of rotatable bonds is 9. The van der Waals surface area contributed by atoms with Gasteiger partial charge in [0.25, 0.3) is 5.91 Å². The highest BCUT2D eigenvalue weighted by atomic mass is 16.5. The van der Waals surface area contributed by atoms with Gasteiger partial charge in [0.2, 0.25) is 5.91 Å². The molecule has 1 atom stereocenters. The first-order valence-corrected chi connectivity index (χ1v) is 8.76. The molecule has 0 aliphatic rings. The van der Waals surface area contributed by atoms with Crippen molar-refractivity contribution >= 4 is 17.9 Å². The van der Waals surface area contributed by atoms with Gasteiger partial charge in [-0.05, 0) is 48.2 Å². The van der Waals surface area contributed by atoms with Crippen LogP contribution in [0.15, 0.2) is 60.7 Å². The standard InChI is InChI=1S/C21H24N2O4/c1-16(15-22-20(24)12-7-17-5-3-2-4-6-17)13-14-27-19-10-8-18(9-11-19)21(25)23-26/h2-12,16,26H,13-15H2,1H3,(H,22,24)(H,23,25)/b12-7+. The molecule has 0 aliphatic heterocycles. The summed E-state index contributed by atoms with van der Waals surface area (Å²) in [6, 6.07) is 16.1. The number of benzene rings is 2. The van der Waals surface area contributed by atoms with E-state index in [-0.39, 0.29) is 11.8 Å². The van der Waals surface area contributed by atoms with E-state index in [1.54, 1.807) is 35.8 Å². The van der Waals surface area contributed by atoms with Crippen LogP contribution in [0.5, 0.6) is 5.75 Å². The average Bonchev–Trinajstić information content (AvgIpc) is 2.71. The molecule has 0 saturated heterocycles. The number of amides is 2. The highest BCUT2D eigenvalue weighted by molar-refractivity contribution is 5.93. The summed E-state index contributed by atoms with van der Waals surface area (Å²) in [7, 11) is 0. The van der Waals surface area contributed by atoms with Gasteiger partial charge >= 0.3 is 0 Å². The fourth-order valence-electron chi connectivity index (χ4n) is 2.32. The second-order valence-electron chi connectivity index (χ2n) is 6.20. The van der Waals surface area contributed by atoms with Gasteiger partial charge < -0.3 is 10.1 Å². The monoisotopic (exact) mass is 368 g/mol. The predicted octanol–water partition coefficient (Wildman–Crippen LogP) is 3.04. The number of hydroxylamine groups is 1. The van der Waals surface area contributed by atoms with Crippen LogP contribution in [0.4, 0.5) is 0 Å². The van der Waals surface area contributed by atoms with Crippen molar-refractivity contribution in [2.75, 3.05) is 13.2 Å². The molecule has 2 aromatic rings. The van der Waals surface area contributed by atoms with Crippen LogP contribution in [0.3, 0.4) is 0 Å². The molecule has 2 amide bonds. The Balaban J connectivity index is 1.65. The molecule has 0 bridgehead atoms. The number of carbonyl (C=O) groups excluding carboxylic acids is 2. The normalized spacial score (nSPS) is 11.8. The molecule has 2 aromatic carbocycles. The average molecular weight is 368 g/mol. The predicted molar refractivity (Wildman–Crippen MR) is 103 cm³/mol. The Morgan fingerprint density at radius 2 is 1.81 bits per heavy atom. The van der Waals surface area contributed by atoms with Gasteiger partial charge in [-0.15, -0.1) is 0 Å². The maximum atomic E-state index is 11.8. The Hall–Kier alpha value is -3.12. The first-order chi connectivity index (χ1) is 13.1. The van der Waals surface area contributed by atoms with Gasteiger partial charge in [-0.1, -0.05) is 37.3 Å². The summed E-state index contributed by atoms with van der Waals surface area (Å²) in [4.78, 5) is 23.1. The zero-order chi connectivity index (χ0) is 19.5. The van der Waals surface area contributed by atoms with Crippen molar-refractivity contribution in [1.82, 2.24) is 10.8 Å². The summed E-state index contributed by atoms with van der Waals surface area (Å²) in [6.07, 6.45) is 4.09. The molecule has 6 nitrogen and oxygen atoms in total. The highest BCUT2D eigenvalue weighted by Gasteiger charge is 2.06. The SMILES string of the molecule is CC(CCOc1ccc(C(=O)NO)cc1)CNC(=O)/C=C/c1ccccc1. The molecule has 0 saturated carbocycles. The van der Waals surface area contributed by atoms with Crippen LogP contribution in [-0.2, 0) is 4.79 Å². The molecule has 0 aliphatic carbocycles. The van der Waals surface area contributed by atoms with E-state index in [0.717, 1.165) is 12.0 Å². The molecule has 0 aromatic heterocycles. The zero-order valence-electron chi connectivity index (χ0n) is 15.2. The third kappa shape index (κ3) is 7.33. The van der Waals surface area contributed by atoms with Crippen LogP contribution in [0, 0.1) is 5.92 Å². The maximum Gasteiger partial charge on any atom is 0.274 e. The topological polar surface area (TPSA) is 87.7 Å². The zero-order valence-corrected chi connectivity index (χ0v) is 15.2. The molecule has 0 heterocycles. The van der Waals surface area contributed by atoms with E-state index >= 15 is 0 Å². The van der Waals surface area contributed by atoms with Gasteiger partial charge in [-0.2, -0.15) is 0 Å². The summed E-state index contributed by atoms with van der Waals surface area (Å²) in [6.45, 7) is 3.11. The lowest BCUT2D eigenvalue weighted by Gasteiger charge is -2.13. The lowest BCUT2D eigenvalue weighted by molar-refractivity contribution is -0.116. The Morgan fingerprint density at radius 1 is 1.11 bits per heavy atom. The Bertz CT molecular complexity index is 758. The summed E-state index contributed by atoms with van der Waals surface area (Å²) >= 11 is 0. The van der Waals surface area contributed by atoms with Crippen molar-refractivity contribution in [2.24, 2.45) is 5.92 Å². The third-order valence-corrected chi connectivity index (χ3v) is 3.95. The lowest BCUT2D eigenvalue weighted by atomic mass is 10.1. The number of hydrogen-bond acceptors (Lipinski definition) is 4. The van der Waals surface area contributed by atoms with Crippen molar-refractivity contribution in [3.05, 3.63) is 71.8 Å². The minimum atomic E-state index is -0.563. The van der Waals surface area contributed by atoms with Gasteiger partial charge in [0.15, 0.2) is 0 Å². The van der Waals surface area contributed by atoms with Crippen molar-refractivity contribution in [2.45, 2.75) is 13.3 Å². The van der Waals surface area contributed by atoms with Crippen molar-refractivity contribution in [3.8, 4) is 5.75 Å². The van der Waals surface area contributed by atoms with Gasteiger partial charge in [0, 0.05) is 18.2 Å². The van der Waals surface area contributed by atoms with Gasteiger partial charge in [0.05, 0.1) is 6.61 Å². The van der Waals surface area contributed by atoms with Crippen molar-refractivity contribution in [1.29, 1.82) is 0 Å². The molecule has 1 unspecified atom stereocenters. The second-order valence-corrected chi connectivity index (χ2v) is 6.20. The smallest absolute Gasteiger partial charge is 0.274 e. The van der Waals surface area contributed by atoms with Gasteiger partial charge in [0.1, 0.15) is 5.75 Å². The van der Waals surface area contributed by atoms with E-state index in [1.165, 1.54) is 6.08 Å². The van der Waals surface area contributed by atoms with E-state index in [0.29, 0.717) is 24.5 Å². The molecule has 2 rings (SSSR count). The number of nitrogens with one attached hydrogen (secondary N) is 2. The van der Waals surface area contributed by atoms with Crippen LogP contribution >= 0.6 is 0 Å². The molecular weight excluding hydrogens is 344 g/mol. The first-order valence-electron chi connectivity index (χ1n) is 8.76. The summed E-state index contributed by atoms with van der Waals surface area (Å²) < 4.78 is 5.64. The van der Waals surface area contributed by atoms with Crippen LogP contribution in [0.25, 0.3) is 6.08 Å². The first kappa shape index (κ1) is 20.2. The van der Waals surface area contributed by atoms with E-state index in [9.17, 15) is 9.59 Å². The van der Waals surface area contributed by atoms with E-state index in [2.05, 4.69) is 5.32 Å². The number of ether oxygens (including phenoxy) is 1. The maximum absolute atomic E-state index is 11.8. The number of carbonyl (C=O) groups is 2. The quantitative estimate of drug-likeness (QED) is 0.361. The molecular formula is C21H24N2O4. The molecule has 0 fully saturated rings. The third-order valence-electron chi connectivity index (χ3n) is 3.95. The van der Waals surface area contributed by atoms with E-state index in [4.69, 9.17) is 9.94 Å². The summed E-state index contributed by atoms with van der Waals surface area (Å²) in [5.41, 5.74) is 2.92. The van der Waals surface area contributed by atoms with Crippen molar-refractivity contribution in [3.63, 3.8) is 0 Å². The van der Waals surface area contributed by atoms with Crippen LogP contribution < -0.4 is 15.5 Å². The molecule has 6 heteroatoms. The molecule has 0 radical (unpaired) electrons. The van der Waals surface area contributed by atoms with Crippen LogP contribution in [0.2, 0.25) is 0 Å². The summed E-state index contributed by atoms with van der Waals surface area (Å²) in [5.74, 6) is 0.224. The van der Waals surface area contributed by atoms with Crippen LogP contribution in [0.1, 0.15) is 29.3 Å². The van der Waals surface area contributed by atoms with E-state index in [1.807, 2.05) is 37.3 Å². The fraction of sp³-hybridized carbons (Fsp3) is 0.238. The fourth-order valence-corrected chi connectivity index (χ4v) is 2.32. The van der Waals surface area contributed by atoms with Crippen LogP contribution in [-0.4, -0.2) is 30.2 Å².